The normalized spacial score (nSPS) is 11.9. The highest BCUT2D eigenvalue weighted by molar-refractivity contribution is 6.01. The summed E-state index contributed by atoms with van der Waals surface area (Å²) in [6.45, 7) is 1.46. The van der Waals surface area contributed by atoms with E-state index >= 15 is 0 Å². The number of carbonyl (C=O) groups is 1. The molecular weight excluding hydrogens is 238 g/mol. The number of nitro groups is 1. The van der Waals surface area contributed by atoms with Gasteiger partial charge in [-0.3, -0.25) is 14.9 Å². The third-order valence-corrected chi connectivity index (χ3v) is 2.76. The van der Waals surface area contributed by atoms with E-state index in [-0.39, 0.29) is 23.5 Å². The van der Waals surface area contributed by atoms with Crippen LogP contribution in [0.3, 0.4) is 0 Å². The number of anilines is 1. The van der Waals surface area contributed by atoms with Gasteiger partial charge in [-0.1, -0.05) is 6.07 Å². The number of carbonyl (C=O) groups excluding carboxylic acids is 1. The topological polar surface area (TPSA) is 110 Å². The summed E-state index contributed by atoms with van der Waals surface area (Å²) < 4.78 is 0. The number of rotatable bonds is 4. The van der Waals surface area contributed by atoms with Crippen LogP contribution >= 0.6 is 0 Å². The van der Waals surface area contributed by atoms with Gasteiger partial charge in [0.05, 0.1) is 23.1 Å². The number of aliphatic hydroxyl groups excluding tert-OH is 1. The van der Waals surface area contributed by atoms with Gasteiger partial charge < -0.3 is 15.7 Å². The molecule has 0 aliphatic heterocycles. The van der Waals surface area contributed by atoms with E-state index in [9.17, 15) is 14.9 Å². The Balaban J connectivity index is 3.14. The van der Waals surface area contributed by atoms with Crippen LogP contribution in [0.25, 0.3) is 0 Å². The Morgan fingerprint density at radius 3 is 2.72 bits per heavy atom. The molecule has 0 aliphatic rings. The van der Waals surface area contributed by atoms with Gasteiger partial charge in [0, 0.05) is 13.1 Å². The maximum atomic E-state index is 12.1. The minimum atomic E-state index is -0.637. The van der Waals surface area contributed by atoms with Crippen LogP contribution in [-0.2, 0) is 0 Å². The maximum absolute atomic E-state index is 12.1. The van der Waals surface area contributed by atoms with Crippen molar-refractivity contribution >= 4 is 17.3 Å². The summed E-state index contributed by atoms with van der Waals surface area (Å²) in [4.78, 5) is 23.4. The van der Waals surface area contributed by atoms with Gasteiger partial charge in [0.1, 0.15) is 5.69 Å². The first-order valence-corrected chi connectivity index (χ1v) is 5.31. The molecular formula is C11H15N3O4. The van der Waals surface area contributed by atoms with Crippen molar-refractivity contribution < 1.29 is 14.8 Å². The molecule has 1 aromatic rings. The number of amides is 1. The second-order valence-corrected chi connectivity index (χ2v) is 3.94. The van der Waals surface area contributed by atoms with E-state index in [0.29, 0.717) is 0 Å². The Kier molecular flexibility index (Phi) is 4.22. The summed E-state index contributed by atoms with van der Waals surface area (Å²) in [6, 6.07) is 3.67. The fourth-order valence-corrected chi connectivity index (χ4v) is 1.41. The van der Waals surface area contributed by atoms with Crippen LogP contribution in [0.4, 0.5) is 11.4 Å². The lowest BCUT2D eigenvalue weighted by Gasteiger charge is -2.23. The summed E-state index contributed by atoms with van der Waals surface area (Å²) in [6.07, 6.45) is 0. The average molecular weight is 253 g/mol. The smallest absolute Gasteiger partial charge is 0.292 e. The van der Waals surface area contributed by atoms with E-state index in [4.69, 9.17) is 10.8 Å². The van der Waals surface area contributed by atoms with E-state index in [0.717, 1.165) is 0 Å². The molecule has 18 heavy (non-hydrogen) atoms. The van der Waals surface area contributed by atoms with Crippen LogP contribution in [0.1, 0.15) is 17.3 Å². The van der Waals surface area contributed by atoms with Crippen LogP contribution < -0.4 is 5.73 Å². The van der Waals surface area contributed by atoms with Gasteiger partial charge in [0.25, 0.3) is 11.6 Å². The van der Waals surface area contributed by atoms with Crippen LogP contribution in [0.15, 0.2) is 18.2 Å². The molecule has 1 amide bonds. The summed E-state index contributed by atoms with van der Waals surface area (Å²) in [5.41, 5.74) is 5.21. The molecule has 0 radical (unpaired) electrons. The van der Waals surface area contributed by atoms with Gasteiger partial charge in [0.2, 0.25) is 0 Å². The molecule has 1 atom stereocenters. The Labute approximate surface area is 104 Å². The summed E-state index contributed by atoms with van der Waals surface area (Å²) >= 11 is 0. The highest BCUT2D eigenvalue weighted by Crippen LogP contribution is 2.25. The second-order valence-electron chi connectivity index (χ2n) is 3.94. The SMILES string of the molecule is CC(CO)N(C)C(=O)c1cccc([N+](=O)[O-])c1N. The number of benzene rings is 1. The van der Waals surface area contributed by atoms with Crippen molar-refractivity contribution in [1.29, 1.82) is 0 Å². The van der Waals surface area contributed by atoms with Crippen molar-refractivity contribution in [2.24, 2.45) is 0 Å². The minimum absolute atomic E-state index is 0.0620. The summed E-state index contributed by atoms with van der Waals surface area (Å²) in [7, 11) is 1.50. The predicted octanol–water partition coefficient (Wildman–Crippen LogP) is 0.630. The molecule has 98 valence electrons. The standard InChI is InChI=1S/C11H15N3O4/c1-7(6-15)13(2)11(16)8-4-3-5-9(10(8)12)14(17)18/h3-5,7,15H,6,12H2,1-2H3. The summed E-state index contributed by atoms with van der Waals surface area (Å²) in [5, 5.41) is 19.7. The number of para-hydroxylation sites is 1. The molecule has 0 saturated carbocycles. The monoisotopic (exact) mass is 253 g/mol. The van der Waals surface area contributed by atoms with E-state index in [1.807, 2.05) is 0 Å². The maximum Gasteiger partial charge on any atom is 0.292 e. The molecule has 1 unspecified atom stereocenters. The molecule has 1 aromatic carbocycles. The van der Waals surface area contributed by atoms with E-state index in [2.05, 4.69) is 0 Å². The van der Waals surface area contributed by atoms with Gasteiger partial charge >= 0.3 is 0 Å². The van der Waals surface area contributed by atoms with Crippen molar-refractivity contribution in [3.8, 4) is 0 Å². The molecule has 7 nitrogen and oxygen atoms in total. The predicted molar refractivity (Wildman–Crippen MR) is 66.2 cm³/mol. The Morgan fingerprint density at radius 2 is 2.22 bits per heavy atom. The Hall–Kier alpha value is -2.15. The zero-order valence-corrected chi connectivity index (χ0v) is 10.2. The first-order valence-electron chi connectivity index (χ1n) is 5.31. The molecule has 0 saturated heterocycles. The zero-order valence-electron chi connectivity index (χ0n) is 10.2. The second kappa shape index (κ2) is 5.46. The van der Waals surface area contributed by atoms with E-state index in [1.54, 1.807) is 6.92 Å². The first-order chi connectivity index (χ1) is 8.40. The molecule has 0 heterocycles. The van der Waals surface area contributed by atoms with Crippen molar-refractivity contribution in [2.45, 2.75) is 13.0 Å². The molecule has 0 aliphatic carbocycles. The average Bonchev–Trinajstić information content (AvgIpc) is 2.36. The van der Waals surface area contributed by atoms with Crippen molar-refractivity contribution in [3.05, 3.63) is 33.9 Å². The summed E-state index contributed by atoms with van der Waals surface area (Å²) in [5.74, 6) is -0.460. The van der Waals surface area contributed by atoms with Gasteiger partial charge in [-0.2, -0.15) is 0 Å². The van der Waals surface area contributed by atoms with Crippen molar-refractivity contribution in [1.82, 2.24) is 4.90 Å². The lowest BCUT2D eigenvalue weighted by Crippen LogP contribution is -2.37. The lowest BCUT2D eigenvalue weighted by molar-refractivity contribution is -0.383. The lowest BCUT2D eigenvalue weighted by atomic mass is 10.1. The van der Waals surface area contributed by atoms with Crippen LogP contribution in [-0.4, -0.2) is 40.5 Å². The third kappa shape index (κ3) is 2.57. The van der Waals surface area contributed by atoms with Crippen LogP contribution in [0.2, 0.25) is 0 Å². The molecule has 0 spiro atoms. The van der Waals surface area contributed by atoms with Crippen LogP contribution in [0, 0.1) is 10.1 Å². The number of nitro benzene ring substituents is 1. The van der Waals surface area contributed by atoms with Crippen LogP contribution in [0.5, 0.6) is 0 Å². The van der Waals surface area contributed by atoms with E-state index in [1.165, 1.54) is 30.1 Å². The van der Waals surface area contributed by atoms with Crippen molar-refractivity contribution in [2.75, 3.05) is 19.4 Å². The van der Waals surface area contributed by atoms with Gasteiger partial charge in [-0.25, -0.2) is 0 Å². The number of likely N-dealkylation sites (N-methyl/N-ethyl adjacent to an activating group) is 1. The molecule has 3 N–H and O–H groups in total. The number of nitrogens with two attached hydrogens (primary N) is 1. The Bertz CT molecular complexity index is 475. The van der Waals surface area contributed by atoms with Gasteiger partial charge in [0.15, 0.2) is 0 Å². The highest BCUT2D eigenvalue weighted by atomic mass is 16.6. The minimum Gasteiger partial charge on any atom is -0.394 e. The molecule has 0 aromatic heterocycles. The number of nitrogen functional groups attached to an aromatic ring is 1. The zero-order chi connectivity index (χ0) is 13.9. The van der Waals surface area contributed by atoms with Crippen molar-refractivity contribution in [3.63, 3.8) is 0 Å². The largest absolute Gasteiger partial charge is 0.394 e. The number of hydrogen-bond donors (Lipinski definition) is 2. The van der Waals surface area contributed by atoms with Gasteiger partial charge in [-0.05, 0) is 13.0 Å². The highest BCUT2D eigenvalue weighted by Gasteiger charge is 2.23. The molecule has 0 fully saturated rings. The van der Waals surface area contributed by atoms with Gasteiger partial charge in [-0.15, -0.1) is 0 Å². The number of aliphatic hydroxyl groups is 1. The Morgan fingerprint density at radius 1 is 1.61 bits per heavy atom. The third-order valence-electron chi connectivity index (χ3n) is 2.76. The first kappa shape index (κ1) is 13.9. The fraction of sp³-hybridized carbons (Fsp3) is 0.364. The number of nitrogens with zero attached hydrogens (tertiary/aromatic N) is 2. The van der Waals surface area contributed by atoms with E-state index < -0.39 is 16.9 Å². The number of hydrogen-bond acceptors (Lipinski definition) is 5. The fourth-order valence-electron chi connectivity index (χ4n) is 1.41. The molecule has 0 bridgehead atoms. The quantitative estimate of drug-likeness (QED) is 0.464. The molecule has 7 heteroatoms. The molecule has 1 rings (SSSR count).